The lowest BCUT2D eigenvalue weighted by Crippen LogP contribution is -2.26. The number of nitrogens with zero attached hydrogens (tertiary/aromatic N) is 1. The molecule has 0 aliphatic carbocycles. The topological polar surface area (TPSA) is 77.2 Å². The highest BCUT2D eigenvalue weighted by atomic mass is 16.5. The first-order valence-corrected chi connectivity index (χ1v) is 4.83. The Morgan fingerprint density at radius 2 is 2.40 bits per heavy atom. The van der Waals surface area contributed by atoms with E-state index in [1.165, 1.54) is 0 Å². The molecular formula is C10H15N3O2. The molecule has 0 saturated carbocycles. The molecule has 0 atom stereocenters. The highest BCUT2D eigenvalue weighted by Crippen LogP contribution is 1.95. The molecule has 0 saturated heterocycles. The molecule has 1 amide bonds. The lowest BCUT2D eigenvalue weighted by Gasteiger charge is -2.05. The fourth-order valence-electron chi connectivity index (χ4n) is 0.967. The number of amides is 1. The molecule has 5 heteroatoms. The maximum absolute atomic E-state index is 11.1. The summed E-state index contributed by atoms with van der Waals surface area (Å²) in [4.78, 5) is 15.1. The highest BCUT2D eigenvalue weighted by Gasteiger charge is 2.01. The van der Waals surface area contributed by atoms with Crippen LogP contribution in [0.15, 0.2) is 24.4 Å². The number of nitrogens with one attached hydrogen (secondary N) is 1. The van der Waals surface area contributed by atoms with Crippen molar-refractivity contribution in [3.63, 3.8) is 0 Å². The largest absolute Gasteiger partial charge is 0.443 e. The molecule has 1 aromatic heterocycles. The van der Waals surface area contributed by atoms with Gasteiger partial charge in [-0.05, 0) is 25.1 Å². The third-order valence-electron chi connectivity index (χ3n) is 1.73. The molecule has 15 heavy (non-hydrogen) atoms. The molecule has 0 aliphatic heterocycles. The Hall–Kier alpha value is -1.62. The predicted octanol–water partition coefficient (Wildman–Crippen LogP) is 0.657. The minimum absolute atomic E-state index is 0.190. The predicted molar refractivity (Wildman–Crippen MR) is 56.1 cm³/mol. The van der Waals surface area contributed by atoms with E-state index >= 15 is 0 Å². The van der Waals surface area contributed by atoms with Gasteiger partial charge in [-0.2, -0.15) is 0 Å². The van der Waals surface area contributed by atoms with Gasteiger partial charge in [-0.3, -0.25) is 4.98 Å². The van der Waals surface area contributed by atoms with Crippen LogP contribution in [0.2, 0.25) is 0 Å². The minimum atomic E-state index is -0.436. The molecule has 82 valence electrons. The van der Waals surface area contributed by atoms with Gasteiger partial charge in [0.05, 0.1) is 5.69 Å². The zero-order valence-electron chi connectivity index (χ0n) is 8.48. The molecule has 0 radical (unpaired) electrons. The van der Waals surface area contributed by atoms with Gasteiger partial charge in [0, 0.05) is 12.7 Å². The van der Waals surface area contributed by atoms with Crippen LogP contribution >= 0.6 is 0 Å². The van der Waals surface area contributed by atoms with Crippen LogP contribution in [0, 0.1) is 0 Å². The Morgan fingerprint density at radius 1 is 1.53 bits per heavy atom. The van der Waals surface area contributed by atoms with Gasteiger partial charge >= 0.3 is 6.09 Å². The summed E-state index contributed by atoms with van der Waals surface area (Å²) in [5.74, 6) is 0. The van der Waals surface area contributed by atoms with E-state index in [-0.39, 0.29) is 6.61 Å². The van der Waals surface area contributed by atoms with E-state index in [2.05, 4.69) is 10.3 Å². The fraction of sp³-hybridized carbons (Fsp3) is 0.400. The Labute approximate surface area is 88.6 Å². The Morgan fingerprint density at radius 3 is 3.07 bits per heavy atom. The fourth-order valence-corrected chi connectivity index (χ4v) is 0.967. The van der Waals surface area contributed by atoms with Crippen molar-refractivity contribution in [2.24, 2.45) is 5.73 Å². The molecule has 0 spiro atoms. The van der Waals surface area contributed by atoms with E-state index < -0.39 is 6.09 Å². The van der Waals surface area contributed by atoms with Gasteiger partial charge in [0.1, 0.15) is 6.61 Å². The minimum Gasteiger partial charge on any atom is -0.443 e. The summed E-state index contributed by atoms with van der Waals surface area (Å²) in [7, 11) is 0. The molecule has 0 aromatic carbocycles. The molecule has 0 fully saturated rings. The normalized spacial score (nSPS) is 9.67. The number of nitrogens with two attached hydrogens (primary N) is 1. The van der Waals surface area contributed by atoms with Crippen molar-refractivity contribution in [2.45, 2.75) is 13.0 Å². The molecule has 5 nitrogen and oxygen atoms in total. The van der Waals surface area contributed by atoms with Gasteiger partial charge in [-0.25, -0.2) is 4.79 Å². The SMILES string of the molecule is NCCCNC(=O)OCc1ccccn1. The van der Waals surface area contributed by atoms with Gasteiger partial charge in [-0.1, -0.05) is 6.07 Å². The number of alkyl carbamates (subject to hydrolysis) is 1. The van der Waals surface area contributed by atoms with Crippen molar-refractivity contribution < 1.29 is 9.53 Å². The molecule has 1 aromatic rings. The number of carbonyl (C=O) groups excluding carboxylic acids is 1. The lowest BCUT2D eigenvalue weighted by molar-refractivity contribution is 0.138. The zero-order chi connectivity index (χ0) is 10.9. The van der Waals surface area contributed by atoms with Crippen molar-refractivity contribution in [3.05, 3.63) is 30.1 Å². The summed E-state index contributed by atoms with van der Waals surface area (Å²) in [5.41, 5.74) is 6.01. The summed E-state index contributed by atoms with van der Waals surface area (Å²) in [6, 6.07) is 5.45. The van der Waals surface area contributed by atoms with E-state index in [9.17, 15) is 4.79 Å². The van der Waals surface area contributed by atoms with Crippen LogP contribution in [0.4, 0.5) is 4.79 Å². The van der Waals surface area contributed by atoms with Crippen molar-refractivity contribution in [1.29, 1.82) is 0 Å². The average Bonchev–Trinajstić information content (AvgIpc) is 2.28. The average molecular weight is 209 g/mol. The van der Waals surface area contributed by atoms with Crippen molar-refractivity contribution >= 4 is 6.09 Å². The van der Waals surface area contributed by atoms with Crippen LogP contribution in [0.5, 0.6) is 0 Å². The number of carbonyl (C=O) groups is 1. The second-order valence-corrected chi connectivity index (χ2v) is 2.97. The van der Waals surface area contributed by atoms with E-state index in [0.717, 1.165) is 12.1 Å². The summed E-state index contributed by atoms with van der Waals surface area (Å²) in [5, 5.41) is 2.58. The lowest BCUT2D eigenvalue weighted by atomic mass is 10.4. The zero-order valence-corrected chi connectivity index (χ0v) is 8.48. The molecule has 0 unspecified atom stereocenters. The van der Waals surface area contributed by atoms with Crippen molar-refractivity contribution in [3.8, 4) is 0 Å². The van der Waals surface area contributed by atoms with Gasteiger partial charge in [-0.15, -0.1) is 0 Å². The molecule has 0 bridgehead atoms. The van der Waals surface area contributed by atoms with Crippen LogP contribution in [0.3, 0.4) is 0 Å². The van der Waals surface area contributed by atoms with Gasteiger partial charge in [0.2, 0.25) is 0 Å². The first kappa shape index (κ1) is 11.5. The van der Waals surface area contributed by atoms with Gasteiger partial charge < -0.3 is 15.8 Å². The van der Waals surface area contributed by atoms with Crippen LogP contribution in [-0.4, -0.2) is 24.2 Å². The quantitative estimate of drug-likeness (QED) is 0.698. The molecular weight excluding hydrogens is 194 g/mol. The monoisotopic (exact) mass is 209 g/mol. The number of aromatic nitrogens is 1. The smallest absolute Gasteiger partial charge is 0.407 e. The summed E-state index contributed by atoms with van der Waals surface area (Å²) in [6.07, 6.45) is 1.97. The molecule has 1 heterocycles. The van der Waals surface area contributed by atoms with E-state index in [1.807, 2.05) is 12.1 Å². The van der Waals surface area contributed by atoms with Gasteiger partial charge in [0.15, 0.2) is 0 Å². The number of hydrogen-bond acceptors (Lipinski definition) is 4. The molecule has 1 rings (SSSR count). The first-order chi connectivity index (χ1) is 7.33. The van der Waals surface area contributed by atoms with E-state index in [4.69, 9.17) is 10.5 Å². The number of rotatable bonds is 5. The number of ether oxygens (including phenoxy) is 1. The van der Waals surface area contributed by atoms with Crippen LogP contribution in [-0.2, 0) is 11.3 Å². The molecule has 3 N–H and O–H groups in total. The summed E-state index contributed by atoms with van der Waals surface area (Å²) >= 11 is 0. The number of hydrogen-bond donors (Lipinski definition) is 2. The first-order valence-electron chi connectivity index (χ1n) is 4.83. The Kier molecular flexibility index (Phi) is 5.18. The van der Waals surface area contributed by atoms with Crippen LogP contribution in [0.25, 0.3) is 0 Å². The third-order valence-corrected chi connectivity index (χ3v) is 1.73. The number of pyridine rings is 1. The highest BCUT2D eigenvalue weighted by molar-refractivity contribution is 5.66. The standard InChI is InChI=1S/C10H15N3O2/c11-5-3-7-13-10(14)15-8-9-4-1-2-6-12-9/h1-2,4,6H,3,5,7-8,11H2,(H,13,14). The third kappa shape index (κ3) is 4.97. The van der Waals surface area contributed by atoms with Crippen molar-refractivity contribution in [1.82, 2.24) is 10.3 Å². The summed E-state index contributed by atoms with van der Waals surface area (Å²) in [6.45, 7) is 1.29. The summed E-state index contributed by atoms with van der Waals surface area (Å²) < 4.78 is 4.92. The van der Waals surface area contributed by atoms with E-state index in [0.29, 0.717) is 13.1 Å². The maximum atomic E-state index is 11.1. The second-order valence-electron chi connectivity index (χ2n) is 2.97. The van der Waals surface area contributed by atoms with E-state index in [1.54, 1.807) is 12.3 Å². The van der Waals surface area contributed by atoms with Crippen LogP contribution < -0.4 is 11.1 Å². The van der Waals surface area contributed by atoms with Gasteiger partial charge in [0.25, 0.3) is 0 Å². The second kappa shape index (κ2) is 6.78. The maximum Gasteiger partial charge on any atom is 0.407 e. The van der Waals surface area contributed by atoms with Crippen molar-refractivity contribution in [2.75, 3.05) is 13.1 Å². The Bertz CT molecular complexity index is 290. The Balaban J connectivity index is 2.17. The molecule has 0 aliphatic rings. The van der Waals surface area contributed by atoms with Crippen LogP contribution in [0.1, 0.15) is 12.1 Å².